The van der Waals surface area contributed by atoms with E-state index in [1.165, 1.54) is 32.4 Å². The lowest BCUT2D eigenvalue weighted by Gasteiger charge is -2.34. The molecule has 0 N–H and O–H groups in total. The van der Waals surface area contributed by atoms with Crippen molar-refractivity contribution in [2.24, 2.45) is 17.3 Å². The first-order valence-electron chi connectivity index (χ1n) is 6.30. The summed E-state index contributed by atoms with van der Waals surface area (Å²) in [6.45, 7) is 12.3. The van der Waals surface area contributed by atoms with Crippen LogP contribution in [-0.2, 0) is 0 Å². The number of fused-ring (bicyclic) bond motifs is 1. The molecule has 0 amide bonds. The third-order valence-corrected chi connectivity index (χ3v) is 4.84. The summed E-state index contributed by atoms with van der Waals surface area (Å²) in [6.07, 6.45) is 4.45. The van der Waals surface area contributed by atoms with Gasteiger partial charge in [0.2, 0.25) is 0 Å². The van der Waals surface area contributed by atoms with Crippen LogP contribution in [0, 0.1) is 17.3 Å². The van der Waals surface area contributed by atoms with E-state index in [0.29, 0.717) is 5.41 Å². The minimum Gasteiger partial charge on any atom is -0.300 e. The summed E-state index contributed by atoms with van der Waals surface area (Å²) >= 11 is 0. The van der Waals surface area contributed by atoms with Gasteiger partial charge < -0.3 is 4.90 Å². The first-order valence-corrected chi connectivity index (χ1v) is 6.30. The van der Waals surface area contributed by atoms with Gasteiger partial charge in [-0.1, -0.05) is 20.3 Å². The van der Waals surface area contributed by atoms with Crippen molar-refractivity contribution in [1.82, 2.24) is 4.90 Å². The molecule has 0 radical (unpaired) electrons. The monoisotopic (exact) mass is 195 g/mol. The molecule has 0 bridgehead atoms. The lowest BCUT2D eigenvalue weighted by atomic mass is 9.72. The van der Waals surface area contributed by atoms with Crippen LogP contribution in [0.2, 0.25) is 0 Å². The standard InChI is InChI=1S/C13H25N/c1-10(2)13-7-5-6-12(13)8-14(9-13)11(3)4/h10-12H,5-9H2,1-4H3. The van der Waals surface area contributed by atoms with Crippen molar-refractivity contribution in [3.63, 3.8) is 0 Å². The maximum absolute atomic E-state index is 2.70. The summed E-state index contributed by atoms with van der Waals surface area (Å²) in [5, 5.41) is 0. The van der Waals surface area contributed by atoms with Crippen molar-refractivity contribution < 1.29 is 0 Å². The number of nitrogens with zero attached hydrogens (tertiary/aromatic N) is 1. The topological polar surface area (TPSA) is 3.24 Å². The van der Waals surface area contributed by atoms with Crippen LogP contribution in [0.15, 0.2) is 0 Å². The molecule has 2 unspecified atom stereocenters. The molecule has 1 saturated carbocycles. The molecule has 0 aromatic heterocycles. The number of hydrogen-bond acceptors (Lipinski definition) is 1. The van der Waals surface area contributed by atoms with E-state index >= 15 is 0 Å². The van der Waals surface area contributed by atoms with Gasteiger partial charge in [0.15, 0.2) is 0 Å². The number of likely N-dealkylation sites (tertiary alicyclic amines) is 1. The molecular formula is C13H25N. The zero-order valence-electron chi connectivity index (χ0n) is 10.2. The molecule has 0 spiro atoms. The van der Waals surface area contributed by atoms with Crippen LogP contribution in [0.5, 0.6) is 0 Å². The molecule has 2 atom stereocenters. The lowest BCUT2D eigenvalue weighted by Crippen LogP contribution is -2.34. The zero-order chi connectivity index (χ0) is 10.3. The molecule has 1 heteroatoms. The van der Waals surface area contributed by atoms with E-state index in [1.807, 2.05) is 0 Å². The van der Waals surface area contributed by atoms with Crippen LogP contribution < -0.4 is 0 Å². The highest BCUT2D eigenvalue weighted by Crippen LogP contribution is 2.53. The van der Waals surface area contributed by atoms with Gasteiger partial charge in [-0.3, -0.25) is 0 Å². The average molecular weight is 195 g/mol. The third-order valence-electron chi connectivity index (χ3n) is 4.84. The second-order valence-corrected chi connectivity index (χ2v) is 6.00. The van der Waals surface area contributed by atoms with Gasteiger partial charge in [-0.05, 0) is 43.9 Å². The van der Waals surface area contributed by atoms with Crippen LogP contribution in [0.25, 0.3) is 0 Å². The van der Waals surface area contributed by atoms with Gasteiger partial charge in [-0.15, -0.1) is 0 Å². The van der Waals surface area contributed by atoms with Gasteiger partial charge >= 0.3 is 0 Å². The van der Waals surface area contributed by atoms with Crippen molar-refractivity contribution in [3.05, 3.63) is 0 Å². The molecule has 1 aliphatic carbocycles. The highest BCUT2D eigenvalue weighted by molar-refractivity contribution is 5.02. The largest absolute Gasteiger partial charge is 0.300 e. The van der Waals surface area contributed by atoms with Gasteiger partial charge in [0.05, 0.1) is 0 Å². The van der Waals surface area contributed by atoms with E-state index in [2.05, 4.69) is 32.6 Å². The first-order chi connectivity index (χ1) is 6.56. The second kappa shape index (κ2) is 3.52. The Labute approximate surface area is 88.9 Å². The summed E-state index contributed by atoms with van der Waals surface area (Å²) < 4.78 is 0. The summed E-state index contributed by atoms with van der Waals surface area (Å²) in [6, 6.07) is 0.747. The number of rotatable bonds is 2. The van der Waals surface area contributed by atoms with E-state index in [4.69, 9.17) is 0 Å². The lowest BCUT2D eigenvalue weighted by molar-refractivity contribution is 0.153. The van der Waals surface area contributed by atoms with E-state index in [1.54, 1.807) is 0 Å². The molecule has 14 heavy (non-hydrogen) atoms. The van der Waals surface area contributed by atoms with Gasteiger partial charge in [-0.25, -0.2) is 0 Å². The fraction of sp³-hybridized carbons (Fsp3) is 1.00. The molecule has 0 aromatic rings. The fourth-order valence-electron chi connectivity index (χ4n) is 3.71. The molecule has 1 saturated heterocycles. The molecule has 82 valence electrons. The minimum absolute atomic E-state index is 0.685. The Balaban J connectivity index is 2.15. The second-order valence-electron chi connectivity index (χ2n) is 6.00. The summed E-state index contributed by atoms with van der Waals surface area (Å²) in [5.74, 6) is 1.88. The third kappa shape index (κ3) is 1.41. The zero-order valence-corrected chi connectivity index (χ0v) is 10.2. The van der Waals surface area contributed by atoms with Crippen molar-refractivity contribution in [1.29, 1.82) is 0 Å². The van der Waals surface area contributed by atoms with Crippen molar-refractivity contribution in [2.75, 3.05) is 13.1 Å². The highest BCUT2D eigenvalue weighted by atomic mass is 15.2. The summed E-state index contributed by atoms with van der Waals surface area (Å²) in [4.78, 5) is 2.70. The van der Waals surface area contributed by atoms with Crippen LogP contribution in [0.1, 0.15) is 47.0 Å². The van der Waals surface area contributed by atoms with Crippen LogP contribution in [-0.4, -0.2) is 24.0 Å². The quantitative estimate of drug-likeness (QED) is 0.654. The van der Waals surface area contributed by atoms with Crippen LogP contribution in [0.3, 0.4) is 0 Å². The predicted molar refractivity (Wildman–Crippen MR) is 61.3 cm³/mol. The fourth-order valence-corrected chi connectivity index (χ4v) is 3.71. The Morgan fingerprint density at radius 1 is 1.21 bits per heavy atom. The minimum atomic E-state index is 0.685. The molecule has 1 aliphatic heterocycles. The Morgan fingerprint density at radius 3 is 2.43 bits per heavy atom. The molecule has 2 aliphatic rings. The highest BCUT2D eigenvalue weighted by Gasteiger charge is 2.51. The molecular weight excluding hydrogens is 170 g/mol. The Morgan fingerprint density at radius 2 is 1.93 bits per heavy atom. The smallest absolute Gasteiger partial charge is 0.00464 e. The van der Waals surface area contributed by atoms with Gasteiger partial charge in [0.25, 0.3) is 0 Å². The summed E-state index contributed by atoms with van der Waals surface area (Å²) in [5.41, 5.74) is 0.685. The molecule has 1 nitrogen and oxygen atoms in total. The number of hydrogen-bond donors (Lipinski definition) is 0. The normalized spacial score (nSPS) is 38.6. The van der Waals surface area contributed by atoms with Crippen molar-refractivity contribution >= 4 is 0 Å². The van der Waals surface area contributed by atoms with Crippen molar-refractivity contribution in [3.8, 4) is 0 Å². The average Bonchev–Trinajstić information content (AvgIpc) is 2.57. The maximum Gasteiger partial charge on any atom is 0.00464 e. The van der Waals surface area contributed by atoms with Gasteiger partial charge in [0.1, 0.15) is 0 Å². The van der Waals surface area contributed by atoms with Gasteiger partial charge in [-0.2, -0.15) is 0 Å². The Hall–Kier alpha value is -0.0400. The molecule has 2 fully saturated rings. The van der Waals surface area contributed by atoms with Crippen LogP contribution >= 0.6 is 0 Å². The van der Waals surface area contributed by atoms with E-state index in [9.17, 15) is 0 Å². The molecule has 2 rings (SSSR count). The Bertz CT molecular complexity index is 209. The molecule has 0 aromatic carbocycles. The van der Waals surface area contributed by atoms with Crippen molar-refractivity contribution in [2.45, 2.75) is 53.0 Å². The van der Waals surface area contributed by atoms with Gasteiger partial charge in [0, 0.05) is 19.1 Å². The van der Waals surface area contributed by atoms with E-state index in [-0.39, 0.29) is 0 Å². The van der Waals surface area contributed by atoms with Crippen LogP contribution in [0.4, 0.5) is 0 Å². The maximum atomic E-state index is 2.70. The summed E-state index contributed by atoms with van der Waals surface area (Å²) in [7, 11) is 0. The first kappa shape index (κ1) is 10.5. The SMILES string of the molecule is CC(C)N1CC2CCCC2(C(C)C)C1. The Kier molecular flexibility index (Phi) is 2.63. The molecule has 1 heterocycles. The predicted octanol–water partition coefficient (Wildman–Crippen LogP) is 3.15. The van der Waals surface area contributed by atoms with E-state index < -0.39 is 0 Å². The van der Waals surface area contributed by atoms with E-state index in [0.717, 1.165) is 17.9 Å².